The molecule has 24 heavy (non-hydrogen) atoms. The minimum Gasteiger partial charge on any atom is -0.497 e. The van der Waals surface area contributed by atoms with E-state index in [9.17, 15) is 4.79 Å². The molecule has 0 aliphatic rings. The van der Waals surface area contributed by atoms with E-state index in [1.54, 1.807) is 7.11 Å². The zero-order valence-electron chi connectivity index (χ0n) is 13.8. The first-order chi connectivity index (χ1) is 11.7. The van der Waals surface area contributed by atoms with Gasteiger partial charge in [-0.05, 0) is 36.8 Å². The fourth-order valence-corrected chi connectivity index (χ4v) is 2.65. The lowest BCUT2D eigenvalue weighted by molar-refractivity contribution is -0.121. The Kier molecular flexibility index (Phi) is 4.74. The van der Waals surface area contributed by atoms with Crippen LogP contribution in [0.15, 0.2) is 48.5 Å². The summed E-state index contributed by atoms with van der Waals surface area (Å²) in [6.07, 6.45) is 0.319. The average molecular weight is 324 g/mol. The normalized spacial score (nSPS) is 12.1. The Morgan fingerprint density at radius 3 is 2.92 bits per heavy atom. The lowest BCUT2D eigenvalue weighted by Crippen LogP contribution is -2.36. The fourth-order valence-electron chi connectivity index (χ4n) is 2.65. The molecule has 1 aromatic heterocycles. The lowest BCUT2D eigenvalue weighted by Gasteiger charge is -2.14. The van der Waals surface area contributed by atoms with Gasteiger partial charge in [0.2, 0.25) is 5.91 Å². The summed E-state index contributed by atoms with van der Waals surface area (Å²) in [6.45, 7) is 2.53. The van der Waals surface area contributed by atoms with Gasteiger partial charge in [0.1, 0.15) is 11.3 Å². The highest BCUT2D eigenvalue weighted by Crippen LogP contribution is 2.13. The topological polar surface area (TPSA) is 69.0 Å². The van der Waals surface area contributed by atoms with Gasteiger partial charge in [-0.15, -0.1) is 5.10 Å². The van der Waals surface area contributed by atoms with Gasteiger partial charge in [0.15, 0.2) is 0 Å². The van der Waals surface area contributed by atoms with E-state index in [1.165, 1.54) is 0 Å². The zero-order valence-corrected chi connectivity index (χ0v) is 13.8. The molecular weight excluding hydrogens is 304 g/mol. The number of aromatic nitrogens is 3. The summed E-state index contributed by atoms with van der Waals surface area (Å²) in [4.78, 5) is 12.2. The number of para-hydroxylation sites is 1. The van der Waals surface area contributed by atoms with Crippen LogP contribution >= 0.6 is 0 Å². The van der Waals surface area contributed by atoms with Gasteiger partial charge in [0, 0.05) is 6.04 Å². The van der Waals surface area contributed by atoms with Crippen LogP contribution in [-0.2, 0) is 17.8 Å². The molecule has 3 aromatic rings. The smallest absolute Gasteiger partial charge is 0.224 e. The first-order valence-electron chi connectivity index (χ1n) is 7.86. The van der Waals surface area contributed by atoms with Crippen LogP contribution in [0.3, 0.4) is 0 Å². The second-order valence-electron chi connectivity index (χ2n) is 5.76. The number of carbonyl (C=O) groups excluding carboxylic acids is 1. The van der Waals surface area contributed by atoms with Crippen molar-refractivity contribution < 1.29 is 9.53 Å². The van der Waals surface area contributed by atoms with Crippen molar-refractivity contribution in [3.63, 3.8) is 0 Å². The van der Waals surface area contributed by atoms with Crippen LogP contribution in [0.25, 0.3) is 11.0 Å². The first kappa shape index (κ1) is 16.0. The zero-order chi connectivity index (χ0) is 16.9. The Balaban J connectivity index is 1.59. The molecule has 0 spiro atoms. The van der Waals surface area contributed by atoms with Crippen molar-refractivity contribution in [2.24, 2.45) is 0 Å². The number of fused-ring (bicyclic) bond motifs is 1. The number of hydrogen-bond donors (Lipinski definition) is 1. The van der Waals surface area contributed by atoms with Crippen LogP contribution in [0.4, 0.5) is 0 Å². The Morgan fingerprint density at radius 1 is 1.25 bits per heavy atom. The molecule has 6 heteroatoms. The molecule has 2 aromatic carbocycles. The molecule has 0 unspecified atom stereocenters. The van der Waals surface area contributed by atoms with Crippen molar-refractivity contribution >= 4 is 16.9 Å². The Hall–Kier alpha value is -2.89. The molecule has 0 radical (unpaired) electrons. The van der Waals surface area contributed by atoms with E-state index < -0.39 is 0 Å². The number of ether oxygens (including phenoxy) is 1. The van der Waals surface area contributed by atoms with Gasteiger partial charge < -0.3 is 10.1 Å². The van der Waals surface area contributed by atoms with Crippen LogP contribution in [0, 0.1) is 0 Å². The van der Waals surface area contributed by atoms with E-state index in [0.29, 0.717) is 13.0 Å². The molecule has 1 heterocycles. The van der Waals surface area contributed by atoms with E-state index >= 15 is 0 Å². The fraction of sp³-hybridized carbons (Fsp3) is 0.278. The average Bonchev–Trinajstić information content (AvgIpc) is 2.98. The van der Waals surface area contributed by atoms with Crippen LogP contribution < -0.4 is 10.1 Å². The van der Waals surface area contributed by atoms with E-state index in [1.807, 2.05) is 60.1 Å². The van der Waals surface area contributed by atoms with Crippen molar-refractivity contribution in [3.8, 4) is 5.75 Å². The molecule has 0 saturated carbocycles. The van der Waals surface area contributed by atoms with Crippen molar-refractivity contribution in [1.82, 2.24) is 20.3 Å². The maximum atomic E-state index is 12.2. The minimum absolute atomic E-state index is 0.0276. The Bertz CT molecular complexity index is 844. The van der Waals surface area contributed by atoms with E-state index in [4.69, 9.17) is 4.74 Å². The summed E-state index contributed by atoms with van der Waals surface area (Å²) in [6, 6.07) is 15.3. The van der Waals surface area contributed by atoms with Crippen LogP contribution in [0.1, 0.15) is 12.5 Å². The van der Waals surface area contributed by atoms with Gasteiger partial charge in [0.25, 0.3) is 0 Å². The van der Waals surface area contributed by atoms with Crippen molar-refractivity contribution in [2.75, 3.05) is 7.11 Å². The van der Waals surface area contributed by atoms with E-state index in [-0.39, 0.29) is 11.9 Å². The third-order valence-electron chi connectivity index (χ3n) is 3.77. The van der Waals surface area contributed by atoms with Gasteiger partial charge in [-0.25, -0.2) is 4.68 Å². The quantitative estimate of drug-likeness (QED) is 0.754. The SMILES string of the molecule is COc1cccc(CC(=O)N[C@H](C)Cn2nnc3ccccc32)c1. The molecule has 0 aliphatic carbocycles. The van der Waals surface area contributed by atoms with Crippen molar-refractivity contribution in [1.29, 1.82) is 0 Å². The van der Waals surface area contributed by atoms with Crippen LogP contribution in [-0.4, -0.2) is 34.1 Å². The maximum absolute atomic E-state index is 12.2. The number of nitrogens with one attached hydrogen (secondary N) is 1. The Morgan fingerprint density at radius 2 is 2.08 bits per heavy atom. The highest BCUT2D eigenvalue weighted by molar-refractivity contribution is 5.79. The third kappa shape index (κ3) is 3.71. The Labute approximate surface area is 140 Å². The predicted octanol–water partition coefficient (Wildman–Crippen LogP) is 2.19. The molecule has 0 aliphatic heterocycles. The minimum atomic E-state index is -0.0480. The number of rotatable bonds is 6. The summed E-state index contributed by atoms with van der Waals surface area (Å²) >= 11 is 0. The molecule has 1 amide bonds. The number of hydrogen-bond acceptors (Lipinski definition) is 4. The van der Waals surface area contributed by atoms with Gasteiger partial charge >= 0.3 is 0 Å². The van der Waals surface area contributed by atoms with E-state index in [0.717, 1.165) is 22.3 Å². The lowest BCUT2D eigenvalue weighted by atomic mass is 10.1. The predicted molar refractivity (Wildman–Crippen MR) is 91.8 cm³/mol. The van der Waals surface area contributed by atoms with Gasteiger partial charge in [-0.2, -0.15) is 0 Å². The number of methoxy groups -OCH3 is 1. The monoisotopic (exact) mass is 324 g/mol. The number of carbonyl (C=O) groups is 1. The second-order valence-corrected chi connectivity index (χ2v) is 5.76. The molecule has 0 bridgehead atoms. The molecule has 3 rings (SSSR count). The summed E-state index contributed by atoms with van der Waals surface area (Å²) in [5.41, 5.74) is 2.74. The molecule has 124 valence electrons. The van der Waals surface area contributed by atoms with Crippen LogP contribution in [0.2, 0.25) is 0 Å². The summed E-state index contributed by atoms with van der Waals surface area (Å²) < 4.78 is 6.99. The number of nitrogens with zero attached hydrogens (tertiary/aromatic N) is 3. The standard InChI is InChI=1S/C18H20N4O2/c1-13(12-22-17-9-4-3-8-16(17)20-21-22)19-18(23)11-14-6-5-7-15(10-14)24-2/h3-10,13H,11-12H2,1-2H3,(H,19,23)/t13-/m1/s1. The van der Waals surface area contributed by atoms with Crippen LogP contribution in [0.5, 0.6) is 5.75 Å². The summed E-state index contributed by atoms with van der Waals surface area (Å²) in [5.74, 6) is 0.725. The first-order valence-corrected chi connectivity index (χ1v) is 7.86. The van der Waals surface area contributed by atoms with Gasteiger partial charge in [0.05, 0.1) is 25.6 Å². The summed E-state index contributed by atoms with van der Waals surface area (Å²) in [7, 11) is 1.61. The number of benzene rings is 2. The summed E-state index contributed by atoms with van der Waals surface area (Å²) in [5, 5.41) is 11.3. The van der Waals surface area contributed by atoms with E-state index in [2.05, 4.69) is 15.6 Å². The van der Waals surface area contributed by atoms with Crippen molar-refractivity contribution in [2.45, 2.75) is 25.9 Å². The highest BCUT2D eigenvalue weighted by atomic mass is 16.5. The molecular formula is C18H20N4O2. The molecule has 1 N–H and O–H groups in total. The van der Waals surface area contributed by atoms with Gasteiger partial charge in [-0.1, -0.05) is 29.5 Å². The second kappa shape index (κ2) is 7.12. The molecule has 1 atom stereocenters. The largest absolute Gasteiger partial charge is 0.497 e. The molecule has 0 fully saturated rings. The third-order valence-corrected chi connectivity index (χ3v) is 3.77. The number of amides is 1. The van der Waals surface area contributed by atoms with Crippen molar-refractivity contribution in [3.05, 3.63) is 54.1 Å². The van der Waals surface area contributed by atoms with Gasteiger partial charge in [-0.3, -0.25) is 4.79 Å². The molecule has 6 nitrogen and oxygen atoms in total. The molecule has 0 saturated heterocycles. The highest BCUT2D eigenvalue weighted by Gasteiger charge is 2.12. The maximum Gasteiger partial charge on any atom is 0.224 e.